The number of imidazole rings is 1. The molecule has 3 heterocycles. The molecule has 0 bridgehead atoms. The molecule has 5 heteroatoms. The minimum Gasteiger partial charge on any atom is -0.283 e. The van der Waals surface area contributed by atoms with Crippen molar-refractivity contribution in [2.75, 3.05) is 0 Å². The van der Waals surface area contributed by atoms with E-state index in [0.29, 0.717) is 0 Å². The molecule has 0 aliphatic rings. The van der Waals surface area contributed by atoms with E-state index in [0.717, 1.165) is 34.1 Å². The van der Waals surface area contributed by atoms with Crippen LogP contribution in [0.1, 0.15) is 12.5 Å². The molecular formula is C19H16N4S. The van der Waals surface area contributed by atoms with Crippen LogP contribution in [0.15, 0.2) is 76.4 Å². The zero-order chi connectivity index (χ0) is 16.4. The smallest absolute Gasteiger partial charge is 0.188 e. The monoisotopic (exact) mass is 332 g/mol. The fourth-order valence-corrected chi connectivity index (χ4v) is 3.27. The minimum atomic E-state index is 0.757. The standard InChI is InChI=1S/C19H16N4S/c1-2-14-8-10-15(11-9-14)21-22-19-18(16-6-5-13-24-16)20-17-7-3-4-12-23(17)19/h3-13H,2H2,1H3. The zero-order valence-corrected chi connectivity index (χ0v) is 14.1. The quantitative estimate of drug-likeness (QED) is 0.420. The number of nitrogens with zero attached hydrogens (tertiary/aromatic N) is 4. The highest BCUT2D eigenvalue weighted by atomic mass is 32.1. The van der Waals surface area contributed by atoms with Crippen molar-refractivity contribution in [1.29, 1.82) is 0 Å². The zero-order valence-electron chi connectivity index (χ0n) is 13.3. The van der Waals surface area contributed by atoms with E-state index in [-0.39, 0.29) is 0 Å². The Hall–Kier alpha value is -2.79. The highest BCUT2D eigenvalue weighted by Crippen LogP contribution is 2.34. The lowest BCUT2D eigenvalue weighted by Gasteiger charge is -1.98. The van der Waals surface area contributed by atoms with Crippen molar-refractivity contribution in [1.82, 2.24) is 9.38 Å². The van der Waals surface area contributed by atoms with Crippen LogP contribution in [0, 0.1) is 0 Å². The van der Waals surface area contributed by atoms with E-state index in [1.54, 1.807) is 11.3 Å². The Labute approximate surface area is 144 Å². The molecule has 1 aromatic carbocycles. The van der Waals surface area contributed by atoms with Crippen molar-refractivity contribution in [3.8, 4) is 10.6 Å². The fourth-order valence-electron chi connectivity index (χ4n) is 2.56. The maximum Gasteiger partial charge on any atom is 0.188 e. The lowest BCUT2D eigenvalue weighted by Crippen LogP contribution is -1.81. The van der Waals surface area contributed by atoms with Crippen molar-refractivity contribution >= 4 is 28.5 Å². The van der Waals surface area contributed by atoms with Crippen molar-refractivity contribution in [3.63, 3.8) is 0 Å². The number of pyridine rings is 1. The summed E-state index contributed by atoms with van der Waals surface area (Å²) in [6, 6.07) is 18.2. The largest absolute Gasteiger partial charge is 0.283 e. The average molecular weight is 332 g/mol. The van der Waals surface area contributed by atoms with Crippen molar-refractivity contribution in [2.24, 2.45) is 10.2 Å². The van der Waals surface area contributed by atoms with Crippen LogP contribution >= 0.6 is 11.3 Å². The second-order valence-electron chi connectivity index (χ2n) is 5.41. The van der Waals surface area contributed by atoms with Gasteiger partial charge < -0.3 is 0 Å². The van der Waals surface area contributed by atoms with Crippen LogP contribution in [0.3, 0.4) is 0 Å². The molecule has 0 N–H and O–H groups in total. The molecule has 0 atom stereocenters. The van der Waals surface area contributed by atoms with Gasteiger partial charge in [-0.05, 0) is 47.7 Å². The van der Waals surface area contributed by atoms with Gasteiger partial charge in [0.2, 0.25) is 0 Å². The van der Waals surface area contributed by atoms with Gasteiger partial charge in [0.05, 0.1) is 10.6 Å². The van der Waals surface area contributed by atoms with Gasteiger partial charge in [0.1, 0.15) is 11.3 Å². The van der Waals surface area contributed by atoms with Gasteiger partial charge in [0, 0.05) is 6.20 Å². The third kappa shape index (κ3) is 2.74. The van der Waals surface area contributed by atoms with E-state index in [1.165, 1.54) is 5.56 Å². The lowest BCUT2D eigenvalue weighted by atomic mass is 10.2. The van der Waals surface area contributed by atoms with Crippen LogP contribution in [0.25, 0.3) is 16.2 Å². The van der Waals surface area contributed by atoms with E-state index in [2.05, 4.69) is 35.4 Å². The van der Waals surface area contributed by atoms with E-state index in [4.69, 9.17) is 4.98 Å². The summed E-state index contributed by atoms with van der Waals surface area (Å²) in [5.41, 5.74) is 3.87. The van der Waals surface area contributed by atoms with Gasteiger partial charge in [-0.25, -0.2) is 4.98 Å². The summed E-state index contributed by atoms with van der Waals surface area (Å²) in [5.74, 6) is 0.757. The van der Waals surface area contributed by atoms with Gasteiger partial charge in [0.15, 0.2) is 5.82 Å². The van der Waals surface area contributed by atoms with Gasteiger partial charge in [-0.3, -0.25) is 4.40 Å². The molecule has 0 saturated carbocycles. The molecule has 0 radical (unpaired) electrons. The predicted molar refractivity (Wildman–Crippen MR) is 98.5 cm³/mol. The number of aromatic nitrogens is 2. The number of azo groups is 1. The summed E-state index contributed by atoms with van der Waals surface area (Å²) >= 11 is 1.65. The van der Waals surface area contributed by atoms with Crippen LogP contribution < -0.4 is 0 Å². The van der Waals surface area contributed by atoms with Crippen molar-refractivity contribution in [2.45, 2.75) is 13.3 Å². The molecule has 0 amide bonds. The first-order chi connectivity index (χ1) is 11.8. The second-order valence-corrected chi connectivity index (χ2v) is 6.36. The molecule has 0 fully saturated rings. The Bertz CT molecular complexity index is 982. The SMILES string of the molecule is CCc1ccc(N=Nc2c(-c3cccs3)nc3ccccn23)cc1. The molecule has 0 saturated heterocycles. The minimum absolute atomic E-state index is 0.757. The summed E-state index contributed by atoms with van der Waals surface area (Å²) < 4.78 is 1.97. The van der Waals surface area contributed by atoms with Gasteiger partial charge in [0.25, 0.3) is 0 Å². The Kier molecular flexibility index (Phi) is 3.92. The molecule has 4 nitrogen and oxygen atoms in total. The third-order valence-electron chi connectivity index (χ3n) is 3.86. The molecule has 4 rings (SSSR count). The maximum absolute atomic E-state index is 4.71. The molecule has 0 unspecified atom stereocenters. The highest BCUT2D eigenvalue weighted by molar-refractivity contribution is 7.13. The number of hydrogen-bond donors (Lipinski definition) is 0. The van der Waals surface area contributed by atoms with Crippen molar-refractivity contribution in [3.05, 3.63) is 71.7 Å². The average Bonchev–Trinajstić information content (AvgIpc) is 3.28. The van der Waals surface area contributed by atoms with Gasteiger partial charge in [-0.15, -0.1) is 21.6 Å². The van der Waals surface area contributed by atoms with E-state index in [1.807, 2.05) is 52.4 Å². The molecule has 0 aliphatic heterocycles. The third-order valence-corrected chi connectivity index (χ3v) is 4.74. The van der Waals surface area contributed by atoms with E-state index < -0.39 is 0 Å². The molecule has 118 valence electrons. The number of benzene rings is 1. The molecule has 0 spiro atoms. The van der Waals surface area contributed by atoms with Gasteiger partial charge in [-0.2, -0.15) is 0 Å². The first kappa shape index (κ1) is 14.8. The topological polar surface area (TPSA) is 42.0 Å². The second kappa shape index (κ2) is 6.37. The van der Waals surface area contributed by atoms with Crippen LogP contribution in [0.2, 0.25) is 0 Å². The van der Waals surface area contributed by atoms with Gasteiger partial charge in [-0.1, -0.05) is 31.2 Å². The maximum atomic E-state index is 4.71. The normalized spacial score (nSPS) is 11.5. The number of thiophene rings is 1. The van der Waals surface area contributed by atoms with Crippen molar-refractivity contribution < 1.29 is 0 Å². The first-order valence-corrected chi connectivity index (χ1v) is 8.75. The highest BCUT2D eigenvalue weighted by Gasteiger charge is 2.14. The number of hydrogen-bond acceptors (Lipinski definition) is 4. The Morgan fingerprint density at radius 3 is 2.62 bits per heavy atom. The van der Waals surface area contributed by atoms with Crippen LogP contribution in [-0.4, -0.2) is 9.38 Å². The number of rotatable bonds is 4. The summed E-state index contributed by atoms with van der Waals surface area (Å²) in [7, 11) is 0. The predicted octanol–water partition coefficient (Wildman–Crippen LogP) is 6.04. The number of fused-ring (bicyclic) bond motifs is 1. The fraction of sp³-hybridized carbons (Fsp3) is 0.105. The molecule has 0 aliphatic carbocycles. The summed E-state index contributed by atoms with van der Waals surface area (Å²) in [4.78, 5) is 5.81. The summed E-state index contributed by atoms with van der Waals surface area (Å²) in [6.45, 7) is 2.14. The summed E-state index contributed by atoms with van der Waals surface area (Å²) in [6.07, 6.45) is 2.99. The Balaban J connectivity index is 1.79. The van der Waals surface area contributed by atoms with Crippen LogP contribution in [0.5, 0.6) is 0 Å². The molecule has 4 aromatic rings. The first-order valence-electron chi connectivity index (χ1n) is 7.87. The van der Waals surface area contributed by atoms with E-state index in [9.17, 15) is 0 Å². The Morgan fingerprint density at radius 2 is 1.88 bits per heavy atom. The lowest BCUT2D eigenvalue weighted by molar-refractivity contribution is 1.10. The number of aryl methyl sites for hydroxylation is 1. The van der Waals surface area contributed by atoms with E-state index >= 15 is 0 Å². The van der Waals surface area contributed by atoms with Gasteiger partial charge >= 0.3 is 0 Å². The Morgan fingerprint density at radius 1 is 1.00 bits per heavy atom. The van der Waals surface area contributed by atoms with Crippen LogP contribution in [-0.2, 0) is 6.42 Å². The molecular weight excluding hydrogens is 316 g/mol. The molecule has 3 aromatic heterocycles. The van der Waals surface area contributed by atoms with Crippen LogP contribution in [0.4, 0.5) is 11.5 Å². The summed E-state index contributed by atoms with van der Waals surface area (Å²) in [5, 5.41) is 11.0. The molecule has 24 heavy (non-hydrogen) atoms.